The zero-order valence-electron chi connectivity index (χ0n) is 66.5. The number of ketones is 4. The molecule has 0 radical (unpaired) electrons. The SMILES string of the molecule is CCC(=O)c1ccc(N2CCN(C(=O)OC(C)(C)C)CC2)c(C#N)c1.CCC(=O)c1ccc(N2CCN(Cc3cnc4c(c3)CC(=O)C(CC)=C4)CC2)c(C#N)c1.CCC(=O)c1ccc(N2CCNCC2)c(C#N)c1.COC(=O)c1ccc(Br)c(C#N)c1.COC(=O)c1ccc(N2CCN(C(=O)OC(C)(C)C)CC2)c(C#N)c1. The summed E-state index contributed by atoms with van der Waals surface area (Å²) < 4.78 is 20.6. The Bertz CT molecular complexity index is 4590. The van der Waals surface area contributed by atoms with Crippen LogP contribution in [0.25, 0.3) is 6.08 Å². The fourth-order valence-corrected chi connectivity index (χ4v) is 13.2. The maximum atomic E-state index is 12.2. The van der Waals surface area contributed by atoms with E-state index in [4.69, 9.17) is 14.7 Å². The van der Waals surface area contributed by atoms with Gasteiger partial charge in [-0.1, -0.05) is 33.8 Å². The average molecular weight is 1600 g/mol. The molecule has 1 aromatic heterocycles. The second-order valence-corrected chi connectivity index (χ2v) is 29.8. The number of anilines is 4. The minimum atomic E-state index is -0.522. The Hall–Kier alpha value is -11.8. The van der Waals surface area contributed by atoms with Gasteiger partial charge < -0.3 is 53.7 Å². The second kappa shape index (κ2) is 42.0. The van der Waals surface area contributed by atoms with Crippen molar-refractivity contribution in [2.24, 2.45) is 0 Å². The van der Waals surface area contributed by atoms with E-state index in [1.54, 1.807) is 65.3 Å². The molecule has 2 amide bonds. The Morgan fingerprint density at radius 1 is 0.469 bits per heavy atom. The molecule has 4 saturated heterocycles. The number of esters is 2. The van der Waals surface area contributed by atoms with Gasteiger partial charge in [0.2, 0.25) is 0 Å². The van der Waals surface area contributed by atoms with E-state index in [1.807, 2.05) is 116 Å². The molecule has 27 heteroatoms. The van der Waals surface area contributed by atoms with Crippen molar-refractivity contribution in [3.63, 3.8) is 0 Å². The number of Topliss-reactive ketones (excluding diaryl/α,β-unsaturated/α-hetero) is 4. The van der Waals surface area contributed by atoms with Gasteiger partial charge in [-0.3, -0.25) is 29.1 Å². The number of rotatable bonds is 15. The third kappa shape index (κ3) is 25.1. The van der Waals surface area contributed by atoms with Crippen molar-refractivity contribution in [2.75, 3.05) is 139 Å². The van der Waals surface area contributed by atoms with Crippen LogP contribution in [0.1, 0.15) is 191 Å². The molecule has 0 atom stereocenters. The number of halogens is 1. The van der Waals surface area contributed by atoms with Crippen LogP contribution in [0.15, 0.2) is 113 Å². The number of carbonyl (C=O) groups is 8. The van der Waals surface area contributed by atoms with E-state index in [-0.39, 0.29) is 35.3 Å². The zero-order valence-corrected chi connectivity index (χ0v) is 68.1. The fourth-order valence-electron chi connectivity index (χ4n) is 12.8. The van der Waals surface area contributed by atoms with Gasteiger partial charge in [-0.05, 0) is 178 Å². The molecule has 5 aromatic carbocycles. The standard InChI is InChI=1S/C26H28N4O2.C19H25N3O3.C18H23N3O4.C14H17N3O.C9H6BrNO2/c1-3-19-13-23-21(14-26(19)32)11-18(16-28-23)17-29-7-9-30(10-8-29)24-6-5-20(25(31)4-2)12-22(24)15-27;1-5-17(23)14-6-7-16(15(12-14)13-20)21-8-10-22(11-9-21)18(24)25-19(2,3)4;1-18(2,3)25-17(23)21-9-7-20(8-10-21)15-6-5-13(16(22)24-4)11-14(15)12-19;1-2-14(18)11-3-4-13(12(9-11)10-15)17-7-5-16-6-8-17;1-13-9(12)6-2-3-8(10)7(4-6)5-11/h5-6,11-13,16H,3-4,7-10,14,17H2,1-2H3;6-7,12H,5,8-11H2,1-4H3;5-6,11H,7-10H2,1-4H3;3-4,9,16H,2,5-8H2,1H3;2-4H,1H3. The quantitative estimate of drug-likeness (QED) is 0.0567. The molecule has 5 aliphatic rings. The number of allylic oxidation sites excluding steroid dienone is 1. The predicted molar refractivity (Wildman–Crippen MR) is 434 cm³/mol. The molecule has 1 N–H and O–H groups in total. The zero-order chi connectivity index (χ0) is 82.7. The van der Waals surface area contributed by atoms with Crippen LogP contribution in [-0.4, -0.2) is 197 Å². The molecule has 6 aromatic rings. The summed E-state index contributed by atoms with van der Waals surface area (Å²) in [5, 5.41) is 49.6. The number of hydrogen-bond acceptors (Lipinski definition) is 24. The molecule has 0 bridgehead atoms. The van der Waals surface area contributed by atoms with E-state index in [9.17, 15) is 59.4 Å². The van der Waals surface area contributed by atoms with Gasteiger partial charge in [0.05, 0.1) is 81.6 Å². The molecule has 5 heterocycles. The normalized spacial score (nSPS) is 14.6. The lowest BCUT2D eigenvalue weighted by Crippen LogP contribution is -2.50. The van der Waals surface area contributed by atoms with Crippen molar-refractivity contribution in [3.8, 4) is 30.3 Å². The van der Waals surface area contributed by atoms with E-state index in [2.05, 4.69) is 85.6 Å². The third-order valence-electron chi connectivity index (χ3n) is 18.9. The van der Waals surface area contributed by atoms with Crippen LogP contribution in [0.3, 0.4) is 0 Å². The minimum absolute atomic E-state index is 0.0257. The van der Waals surface area contributed by atoms with E-state index in [0.29, 0.717) is 138 Å². The van der Waals surface area contributed by atoms with E-state index < -0.39 is 23.1 Å². The highest BCUT2D eigenvalue weighted by molar-refractivity contribution is 9.10. The van der Waals surface area contributed by atoms with Gasteiger partial charge in [-0.15, -0.1) is 0 Å². The number of nitrogens with one attached hydrogen (secondary N) is 1. The van der Waals surface area contributed by atoms with Crippen LogP contribution in [0.5, 0.6) is 0 Å². The molecular weight excluding hydrogens is 1500 g/mol. The number of carbonyl (C=O) groups excluding carboxylic acids is 8. The van der Waals surface area contributed by atoms with E-state index in [0.717, 1.165) is 110 Å². The summed E-state index contributed by atoms with van der Waals surface area (Å²) in [6.45, 7) is 30.9. The second-order valence-electron chi connectivity index (χ2n) is 28.9. The van der Waals surface area contributed by atoms with Crippen LogP contribution in [-0.2, 0) is 36.7 Å². The van der Waals surface area contributed by atoms with Crippen LogP contribution < -0.4 is 24.9 Å². The Morgan fingerprint density at radius 3 is 1.17 bits per heavy atom. The number of pyridine rings is 1. The van der Waals surface area contributed by atoms with E-state index in [1.165, 1.54) is 26.4 Å². The first-order valence-corrected chi connectivity index (χ1v) is 38.5. The maximum Gasteiger partial charge on any atom is 0.410 e. The summed E-state index contributed by atoms with van der Waals surface area (Å²) in [6.07, 6.45) is 5.72. The molecule has 4 aliphatic heterocycles. The van der Waals surface area contributed by atoms with E-state index >= 15 is 0 Å². The number of nitriles is 5. The number of methoxy groups -OCH3 is 2. The first kappa shape index (κ1) is 88.4. The minimum Gasteiger partial charge on any atom is -0.465 e. The third-order valence-corrected chi connectivity index (χ3v) is 19.6. The van der Waals surface area contributed by atoms with Gasteiger partial charge in [0.1, 0.15) is 41.5 Å². The molecule has 26 nitrogen and oxygen atoms in total. The van der Waals surface area contributed by atoms with Crippen molar-refractivity contribution in [3.05, 3.63) is 186 Å². The van der Waals surface area contributed by atoms with Crippen molar-refractivity contribution < 1.29 is 57.3 Å². The monoisotopic (exact) mass is 1600 g/mol. The van der Waals surface area contributed by atoms with Gasteiger partial charge >= 0.3 is 24.1 Å². The highest BCUT2D eigenvalue weighted by Gasteiger charge is 2.30. The molecule has 592 valence electrons. The number of piperazine rings is 4. The van der Waals surface area contributed by atoms with Crippen molar-refractivity contribution in [2.45, 2.75) is 119 Å². The lowest BCUT2D eigenvalue weighted by Gasteiger charge is -2.37. The van der Waals surface area contributed by atoms with Gasteiger partial charge in [0, 0.05) is 164 Å². The Morgan fingerprint density at radius 2 is 0.814 bits per heavy atom. The number of nitrogens with zero attached hydrogens (tertiary/aromatic N) is 13. The summed E-state index contributed by atoms with van der Waals surface area (Å²) in [7, 11) is 2.61. The van der Waals surface area contributed by atoms with Crippen LogP contribution >= 0.6 is 15.9 Å². The summed E-state index contributed by atoms with van der Waals surface area (Å²) in [5.41, 5.74) is 11.3. The number of amides is 2. The van der Waals surface area contributed by atoms with Gasteiger partial charge in [-0.25, -0.2) is 19.2 Å². The topological polar surface area (TPSA) is 340 Å². The number of hydrogen-bond donors (Lipinski definition) is 1. The number of ether oxygens (including phenoxy) is 4. The smallest absolute Gasteiger partial charge is 0.410 e. The van der Waals surface area contributed by atoms with Crippen molar-refractivity contribution in [1.29, 1.82) is 26.3 Å². The Labute approximate surface area is 670 Å². The molecular formula is C86H99BrN14O12. The van der Waals surface area contributed by atoms with Crippen LogP contribution in [0, 0.1) is 56.7 Å². The van der Waals surface area contributed by atoms with Crippen LogP contribution in [0.2, 0.25) is 0 Å². The summed E-state index contributed by atoms with van der Waals surface area (Å²) in [6, 6.07) is 38.6. The largest absolute Gasteiger partial charge is 0.465 e. The van der Waals surface area contributed by atoms with Gasteiger partial charge in [0.25, 0.3) is 0 Å². The summed E-state index contributed by atoms with van der Waals surface area (Å²) >= 11 is 3.19. The molecule has 0 spiro atoms. The number of fused-ring (bicyclic) bond motifs is 1. The summed E-state index contributed by atoms with van der Waals surface area (Å²) in [4.78, 5) is 113. The number of benzene rings is 5. The first-order chi connectivity index (χ1) is 54.0. The van der Waals surface area contributed by atoms with Gasteiger partial charge in [0.15, 0.2) is 23.1 Å². The molecule has 113 heavy (non-hydrogen) atoms. The Kier molecular flexibility index (Phi) is 32.9. The Balaban J connectivity index is 0.000000201. The molecule has 4 fully saturated rings. The van der Waals surface area contributed by atoms with Crippen molar-refractivity contribution >= 4 is 92.0 Å². The van der Waals surface area contributed by atoms with Crippen molar-refractivity contribution in [1.82, 2.24) is 25.0 Å². The molecule has 11 rings (SSSR count). The van der Waals surface area contributed by atoms with Crippen LogP contribution in [0.4, 0.5) is 32.3 Å². The fraction of sp³-hybridized carbons (Fsp3) is 0.419. The molecule has 0 saturated carbocycles. The molecule has 1 aliphatic carbocycles. The predicted octanol–water partition coefficient (Wildman–Crippen LogP) is 13.1. The maximum absolute atomic E-state index is 12.2. The lowest BCUT2D eigenvalue weighted by atomic mass is 9.92. The molecule has 0 unspecified atom stereocenters. The van der Waals surface area contributed by atoms with Gasteiger partial charge in [-0.2, -0.15) is 26.3 Å². The first-order valence-electron chi connectivity index (χ1n) is 37.7. The highest BCUT2D eigenvalue weighted by atomic mass is 79.9. The lowest BCUT2D eigenvalue weighted by molar-refractivity contribution is -0.115. The highest BCUT2D eigenvalue weighted by Crippen LogP contribution is 2.30. The summed E-state index contributed by atoms with van der Waals surface area (Å²) in [5.74, 6) is -0.551. The average Bonchev–Trinajstić information content (AvgIpc) is 0.830. The number of aromatic nitrogens is 1.